The first-order valence-electron chi connectivity index (χ1n) is 5.86. The van der Waals surface area contributed by atoms with Crippen molar-refractivity contribution in [2.24, 2.45) is 5.73 Å². The summed E-state index contributed by atoms with van der Waals surface area (Å²) in [5, 5.41) is 0.460. The maximum absolute atomic E-state index is 12.1. The summed E-state index contributed by atoms with van der Waals surface area (Å²) in [5.74, 6) is 0.488. The van der Waals surface area contributed by atoms with Crippen LogP contribution in [0.3, 0.4) is 0 Å². The van der Waals surface area contributed by atoms with E-state index < -0.39 is 0 Å². The first kappa shape index (κ1) is 19.0. The van der Waals surface area contributed by atoms with Crippen LogP contribution in [0, 0.1) is 0 Å². The number of carbonyl (C=O) groups excluding carboxylic acids is 1. The molecule has 0 aliphatic rings. The number of amides is 1. The lowest BCUT2D eigenvalue weighted by molar-refractivity contribution is -0.120. The van der Waals surface area contributed by atoms with E-state index in [4.69, 9.17) is 26.8 Å². The molecule has 0 bridgehead atoms. The van der Waals surface area contributed by atoms with Crippen LogP contribution in [0.4, 0.5) is 5.69 Å². The Balaban J connectivity index is 0.00000361. The number of rotatable bonds is 6. The van der Waals surface area contributed by atoms with Crippen molar-refractivity contribution in [3.05, 3.63) is 23.2 Å². The van der Waals surface area contributed by atoms with E-state index >= 15 is 0 Å². The Morgan fingerprint density at radius 3 is 2.55 bits per heavy atom. The van der Waals surface area contributed by atoms with E-state index in [2.05, 4.69) is 0 Å². The Morgan fingerprint density at radius 2 is 2.10 bits per heavy atom. The molecule has 1 rings (SSSR count). The Kier molecular flexibility index (Phi) is 8.57. The topological polar surface area (TPSA) is 64.8 Å². The lowest BCUT2D eigenvalue weighted by Gasteiger charge is -2.21. The van der Waals surface area contributed by atoms with Gasteiger partial charge in [-0.05, 0) is 18.2 Å². The molecule has 0 fully saturated rings. The predicted octanol–water partition coefficient (Wildman–Crippen LogP) is 2.10. The van der Waals surface area contributed by atoms with Gasteiger partial charge in [0.05, 0.1) is 24.7 Å². The van der Waals surface area contributed by atoms with E-state index in [9.17, 15) is 4.79 Å². The summed E-state index contributed by atoms with van der Waals surface area (Å²) < 4.78 is 10.2. The van der Waals surface area contributed by atoms with Crippen LogP contribution in [-0.4, -0.2) is 39.8 Å². The molecular formula is C13H20Cl2N2O3. The zero-order valence-electron chi connectivity index (χ0n) is 11.8. The van der Waals surface area contributed by atoms with E-state index in [-0.39, 0.29) is 30.8 Å². The van der Waals surface area contributed by atoms with E-state index in [1.807, 2.05) is 0 Å². The number of hydrogen-bond donors (Lipinski definition) is 1. The second-order valence-electron chi connectivity index (χ2n) is 4.07. The van der Waals surface area contributed by atoms with Crippen LogP contribution >= 0.6 is 24.0 Å². The van der Waals surface area contributed by atoms with Gasteiger partial charge in [0.15, 0.2) is 0 Å². The first-order valence-corrected chi connectivity index (χ1v) is 6.24. The molecule has 0 saturated carbocycles. The number of anilines is 1. The van der Waals surface area contributed by atoms with Crippen molar-refractivity contribution in [2.45, 2.75) is 12.5 Å². The highest BCUT2D eigenvalue weighted by Crippen LogP contribution is 2.28. The summed E-state index contributed by atoms with van der Waals surface area (Å²) in [7, 11) is 4.76. The maximum Gasteiger partial charge on any atom is 0.229 e. The Labute approximate surface area is 130 Å². The van der Waals surface area contributed by atoms with Crippen LogP contribution in [0.25, 0.3) is 0 Å². The van der Waals surface area contributed by atoms with Gasteiger partial charge in [0.25, 0.3) is 0 Å². The molecule has 7 heteroatoms. The van der Waals surface area contributed by atoms with Crippen molar-refractivity contribution in [1.29, 1.82) is 0 Å². The van der Waals surface area contributed by atoms with Crippen molar-refractivity contribution >= 4 is 35.6 Å². The molecule has 1 unspecified atom stereocenters. The first-order chi connectivity index (χ1) is 9.03. The second-order valence-corrected chi connectivity index (χ2v) is 4.48. The number of ether oxygens (including phenoxy) is 2. The molecule has 0 spiro atoms. The molecule has 0 aliphatic carbocycles. The van der Waals surface area contributed by atoms with Crippen LogP contribution in [0.2, 0.25) is 5.02 Å². The molecular weight excluding hydrogens is 303 g/mol. The molecule has 0 radical (unpaired) electrons. The lowest BCUT2D eigenvalue weighted by Crippen LogP contribution is -2.33. The van der Waals surface area contributed by atoms with Gasteiger partial charge in [0.2, 0.25) is 5.91 Å². The van der Waals surface area contributed by atoms with E-state index in [1.165, 1.54) is 12.0 Å². The molecule has 1 aromatic carbocycles. The second kappa shape index (κ2) is 9.02. The minimum Gasteiger partial charge on any atom is -0.495 e. The highest BCUT2D eigenvalue weighted by Gasteiger charge is 2.17. The summed E-state index contributed by atoms with van der Waals surface area (Å²) >= 11 is 6.03. The highest BCUT2D eigenvalue weighted by molar-refractivity contribution is 6.32. The minimum atomic E-state index is -0.274. The summed E-state index contributed by atoms with van der Waals surface area (Å²) in [5.41, 5.74) is 6.20. The third-order valence-corrected chi connectivity index (χ3v) is 3.19. The smallest absolute Gasteiger partial charge is 0.229 e. The van der Waals surface area contributed by atoms with Gasteiger partial charge >= 0.3 is 0 Å². The number of nitrogens with two attached hydrogens (primary N) is 1. The molecule has 0 aliphatic heterocycles. The summed E-state index contributed by atoms with van der Waals surface area (Å²) in [6.07, 6.45) is -0.0451. The third kappa shape index (κ3) is 4.83. The number of nitrogens with zero attached hydrogens (tertiary/aromatic N) is 1. The monoisotopic (exact) mass is 322 g/mol. The molecule has 1 atom stereocenters. The van der Waals surface area contributed by atoms with Gasteiger partial charge in [-0.25, -0.2) is 0 Å². The molecule has 114 valence electrons. The highest BCUT2D eigenvalue weighted by atomic mass is 35.5. The average molecular weight is 323 g/mol. The van der Waals surface area contributed by atoms with Crippen LogP contribution in [-0.2, 0) is 9.53 Å². The quantitative estimate of drug-likeness (QED) is 0.871. The zero-order chi connectivity index (χ0) is 14.4. The van der Waals surface area contributed by atoms with Gasteiger partial charge < -0.3 is 20.1 Å². The fourth-order valence-electron chi connectivity index (χ4n) is 1.60. The van der Waals surface area contributed by atoms with Gasteiger partial charge in [-0.3, -0.25) is 4.79 Å². The number of methoxy groups -OCH3 is 2. The van der Waals surface area contributed by atoms with Crippen LogP contribution in [0.5, 0.6) is 5.75 Å². The Bertz CT molecular complexity index is 440. The third-order valence-electron chi connectivity index (χ3n) is 2.90. The van der Waals surface area contributed by atoms with Crippen molar-refractivity contribution in [3.63, 3.8) is 0 Å². The SMILES string of the molecule is COc1ccc(N(C)C(=O)CC(CN)OC)cc1Cl.Cl. The maximum atomic E-state index is 12.1. The van der Waals surface area contributed by atoms with Crippen LogP contribution < -0.4 is 15.4 Å². The van der Waals surface area contributed by atoms with Gasteiger partial charge in [0, 0.05) is 26.4 Å². The molecule has 0 aromatic heterocycles. The minimum absolute atomic E-state index is 0. The van der Waals surface area contributed by atoms with Crippen molar-refractivity contribution in [3.8, 4) is 5.75 Å². The van der Waals surface area contributed by atoms with E-state index in [1.54, 1.807) is 32.4 Å². The molecule has 5 nitrogen and oxygen atoms in total. The average Bonchev–Trinajstić information content (AvgIpc) is 2.43. The number of hydrogen-bond acceptors (Lipinski definition) is 4. The van der Waals surface area contributed by atoms with E-state index in [0.29, 0.717) is 23.0 Å². The Hall–Kier alpha value is -1.01. The molecule has 1 amide bonds. The normalized spacial score (nSPS) is 11.4. The van der Waals surface area contributed by atoms with Gasteiger partial charge in [-0.15, -0.1) is 12.4 Å². The number of carbonyl (C=O) groups is 1. The standard InChI is InChI=1S/C13H19ClN2O3.ClH/c1-16(13(17)7-10(8-15)18-2)9-4-5-12(19-3)11(14)6-9;/h4-6,10H,7-8,15H2,1-3H3;1H. The van der Waals surface area contributed by atoms with E-state index in [0.717, 1.165) is 0 Å². The fourth-order valence-corrected chi connectivity index (χ4v) is 1.85. The largest absolute Gasteiger partial charge is 0.495 e. The van der Waals surface area contributed by atoms with Crippen molar-refractivity contribution in [2.75, 3.05) is 32.7 Å². The Morgan fingerprint density at radius 1 is 1.45 bits per heavy atom. The zero-order valence-corrected chi connectivity index (χ0v) is 13.3. The van der Waals surface area contributed by atoms with Gasteiger partial charge in [-0.2, -0.15) is 0 Å². The molecule has 1 aromatic rings. The van der Waals surface area contributed by atoms with Gasteiger partial charge in [0.1, 0.15) is 5.75 Å². The molecule has 0 heterocycles. The van der Waals surface area contributed by atoms with Crippen LogP contribution in [0.1, 0.15) is 6.42 Å². The van der Waals surface area contributed by atoms with Crippen LogP contribution in [0.15, 0.2) is 18.2 Å². The lowest BCUT2D eigenvalue weighted by atomic mass is 10.2. The number of halogens is 2. The van der Waals surface area contributed by atoms with Gasteiger partial charge in [-0.1, -0.05) is 11.6 Å². The summed E-state index contributed by atoms with van der Waals surface area (Å²) in [4.78, 5) is 13.6. The van der Waals surface area contributed by atoms with Crippen molar-refractivity contribution in [1.82, 2.24) is 0 Å². The molecule has 20 heavy (non-hydrogen) atoms. The fraction of sp³-hybridized carbons (Fsp3) is 0.462. The predicted molar refractivity (Wildman–Crippen MR) is 83.1 cm³/mol. The number of benzene rings is 1. The van der Waals surface area contributed by atoms with Crippen molar-refractivity contribution < 1.29 is 14.3 Å². The molecule has 0 saturated heterocycles. The summed E-state index contributed by atoms with van der Waals surface area (Å²) in [6.45, 7) is 0.305. The summed E-state index contributed by atoms with van der Waals surface area (Å²) in [6, 6.07) is 5.17. The molecule has 2 N–H and O–H groups in total.